The molecule has 5 heteroatoms. The molecule has 0 aliphatic rings. The van der Waals surface area contributed by atoms with Crippen LogP contribution in [0.2, 0.25) is 0 Å². The lowest BCUT2D eigenvalue weighted by atomic mass is 10.1. The smallest absolute Gasteiger partial charge is 0.255 e. The maximum absolute atomic E-state index is 12.5. The molecular formula is C28H25N3OS. The van der Waals surface area contributed by atoms with E-state index in [0.29, 0.717) is 23.8 Å². The summed E-state index contributed by atoms with van der Waals surface area (Å²) in [5.41, 5.74) is 4.56. The zero-order valence-electron chi connectivity index (χ0n) is 18.1. The second kappa shape index (κ2) is 11.1. The molecule has 2 N–H and O–H groups in total. The molecule has 0 bridgehead atoms. The lowest BCUT2D eigenvalue weighted by molar-refractivity contribution is 0.102. The number of amides is 1. The van der Waals surface area contributed by atoms with Gasteiger partial charge in [-0.1, -0.05) is 78.9 Å². The summed E-state index contributed by atoms with van der Waals surface area (Å²) in [6, 6.07) is 37.3. The molecule has 0 radical (unpaired) electrons. The highest BCUT2D eigenvalue weighted by Gasteiger charge is 2.12. The van der Waals surface area contributed by atoms with E-state index in [9.17, 15) is 4.79 Å². The van der Waals surface area contributed by atoms with Gasteiger partial charge in [-0.15, -0.1) is 0 Å². The summed E-state index contributed by atoms with van der Waals surface area (Å²) < 4.78 is 0. The van der Waals surface area contributed by atoms with Crippen molar-refractivity contribution in [2.75, 3.05) is 10.6 Å². The molecule has 1 amide bonds. The second-order valence-electron chi connectivity index (χ2n) is 7.65. The number of para-hydroxylation sites is 1. The van der Waals surface area contributed by atoms with Gasteiger partial charge in [0.2, 0.25) is 0 Å². The lowest BCUT2D eigenvalue weighted by Crippen LogP contribution is -2.33. The van der Waals surface area contributed by atoms with Crippen molar-refractivity contribution in [3.8, 4) is 0 Å². The molecule has 4 nitrogen and oxygen atoms in total. The standard InChI is InChI=1S/C28H25N3OS/c32-27(29-25-14-8-3-9-15-25)24-16-18-26(19-17-24)30-28(33)31(20-22-10-4-1-5-11-22)21-23-12-6-2-7-13-23/h1-19H,20-21H2,(H,29,32)(H,30,33). The van der Waals surface area contributed by atoms with E-state index in [1.807, 2.05) is 78.9 Å². The quantitative estimate of drug-likeness (QED) is 0.322. The van der Waals surface area contributed by atoms with E-state index in [4.69, 9.17) is 12.2 Å². The van der Waals surface area contributed by atoms with Crippen LogP contribution in [0.15, 0.2) is 115 Å². The van der Waals surface area contributed by atoms with Gasteiger partial charge in [-0.3, -0.25) is 4.79 Å². The number of carbonyl (C=O) groups excluding carboxylic acids is 1. The minimum absolute atomic E-state index is 0.148. The van der Waals surface area contributed by atoms with E-state index in [0.717, 1.165) is 11.4 Å². The van der Waals surface area contributed by atoms with Crippen LogP contribution in [0.4, 0.5) is 11.4 Å². The van der Waals surface area contributed by atoms with Crippen molar-refractivity contribution in [1.82, 2.24) is 4.90 Å². The Morgan fingerprint density at radius 3 is 1.58 bits per heavy atom. The topological polar surface area (TPSA) is 44.4 Å². The number of thiocarbonyl (C=S) groups is 1. The highest BCUT2D eigenvalue weighted by molar-refractivity contribution is 7.80. The van der Waals surface area contributed by atoms with E-state index in [-0.39, 0.29) is 5.91 Å². The third-order valence-corrected chi connectivity index (χ3v) is 5.51. The van der Waals surface area contributed by atoms with Gasteiger partial charge in [0.1, 0.15) is 0 Å². The molecule has 33 heavy (non-hydrogen) atoms. The first-order valence-corrected chi connectivity index (χ1v) is 11.2. The molecule has 0 heterocycles. The Bertz CT molecular complexity index is 1140. The Balaban J connectivity index is 1.43. The number of nitrogens with one attached hydrogen (secondary N) is 2. The predicted octanol–water partition coefficient (Wildman–Crippen LogP) is 6.34. The molecule has 0 unspecified atom stereocenters. The summed E-state index contributed by atoms with van der Waals surface area (Å²) in [4.78, 5) is 14.6. The SMILES string of the molecule is O=C(Nc1ccccc1)c1ccc(NC(=S)N(Cc2ccccc2)Cc2ccccc2)cc1. The summed E-state index contributed by atoms with van der Waals surface area (Å²) >= 11 is 5.76. The average Bonchev–Trinajstić information content (AvgIpc) is 2.86. The highest BCUT2D eigenvalue weighted by Crippen LogP contribution is 2.16. The first-order valence-electron chi connectivity index (χ1n) is 10.8. The third kappa shape index (κ3) is 6.51. The van der Waals surface area contributed by atoms with Crippen molar-refractivity contribution in [1.29, 1.82) is 0 Å². The second-order valence-corrected chi connectivity index (χ2v) is 8.04. The fraction of sp³-hybridized carbons (Fsp3) is 0.0714. The summed E-state index contributed by atoms with van der Waals surface area (Å²) in [6.07, 6.45) is 0. The zero-order chi connectivity index (χ0) is 22.9. The summed E-state index contributed by atoms with van der Waals surface area (Å²) in [7, 11) is 0. The number of rotatable bonds is 7. The number of hydrogen-bond acceptors (Lipinski definition) is 2. The van der Waals surface area contributed by atoms with E-state index < -0.39 is 0 Å². The van der Waals surface area contributed by atoms with Gasteiger partial charge in [0.05, 0.1) is 0 Å². The van der Waals surface area contributed by atoms with Gasteiger partial charge in [0.25, 0.3) is 5.91 Å². The first kappa shape index (κ1) is 22.2. The van der Waals surface area contributed by atoms with Crippen LogP contribution in [0.1, 0.15) is 21.5 Å². The number of benzene rings is 4. The molecule has 0 saturated carbocycles. The first-order chi connectivity index (χ1) is 16.2. The normalized spacial score (nSPS) is 10.3. The Morgan fingerprint density at radius 1 is 0.606 bits per heavy atom. The Morgan fingerprint density at radius 2 is 1.06 bits per heavy atom. The molecule has 0 atom stereocenters. The fourth-order valence-electron chi connectivity index (χ4n) is 3.44. The van der Waals surface area contributed by atoms with Gasteiger partial charge in [-0.05, 0) is 59.7 Å². The van der Waals surface area contributed by atoms with E-state index >= 15 is 0 Å². The van der Waals surface area contributed by atoms with Crippen LogP contribution in [0.3, 0.4) is 0 Å². The monoisotopic (exact) mass is 451 g/mol. The molecular weight excluding hydrogens is 426 g/mol. The molecule has 4 aromatic rings. The van der Waals surface area contributed by atoms with E-state index in [1.165, 1.54) is 11.1 Å². The van der Waals surface area contributed by atoms with Gasteiger partial charge in [0.15, 0.2) is 5.11 Å². The molecule has 0 aliphatic heterocycles. The van der Waals surface area contributed by atoms with E-state index in [2.05, 4.69) is 39.8 Å². The Kier molecular flexibility index (Phi) is 7.46. The summed E-state index contributed by atoms with van der Waals surface area (Å²) in [5, 5.41) is 6.85. The summed E-state index contributed by atoms with van der Waals surface area (Å²) in [6.45, 7) is 1.39. The molecule has 4 aromatic carbocycles. The summed E-state index contributed by atoms with van der Waals surface area (Å²) in [5.74, 6) is -0.148. The zero-order valence-corrected chi connectivity index (χ0v) is 19.0. The van der Waals surface area contributed by atoms with Crippen LogP contribution >= 0.6 is 12.2 Å². The van der Waals surface area contributed by atoms with Gasteiger partial charge in [0, 0.05) is 30.0 Å². The molecule has 164 valence electrons. The minimum atomic E-state index is -0.148. The van der Waals surface area contributed by atoms with Crippen molar-refractivity contribution >= 4 is 34.6 Å². The maximum atomic E-state index is 12.5. The number of carbonyl (C=O) groups is 1. The maximum Gasteiger partial charge on any atom is 0.255 e. The molecule has 0 aromatic heterocycles. The van der Waals surface area contributed by atoms with Crippen molar-refractivity contribution < 1.29 is 4.79 Å². The highest BCUT2D eigenvalue weighted by atomic mass is 32.1. The van der Waals surface area contributed by atoms with Crippen LogP contribution in [-0.2, 0) is 13.1 Å². The number of anilines is 2. The van der Waals surface area contributed by atoms with Crippen molar-refractivity contribution in [2.24, 2.45) is 0 Å². The average molecular weight is 452 g/mol. The number of hydrogen-bond donors (Lipinski definition) is 2. The van der Waals surface area contributed by atoms with Crippen LogP contribution in [0, 0.1) is 0 Å². The largest absolute Gasteiger partial charge is 0.340 e. The fourth-order valence-corrected chi connectivity index (χ4v) is 3.69. The van der Waals surface area contributed by atoms with Crippen LogP contribution in [0.5, 0.6) is 0 Å². The molecule has 0 spiro atoms. The minimum Gasteiger partial charge on any atom is -0.340 e. The molecule has 0 saturated heterocycles. The third-order valence-electron chi connectivity index (χ3n) is 5.15. The van der Waals surface area contributed by atoms with E-state index in [1.54, 1.807) is 12.1 Å². The van der Waals surface area contributed by atoms with Gasteiger partial charge in [-0.2, -0.15) is 0 Å². The molecule has 0 fully saturated rings. The Hall–Kier alpha value is -3.96. The molecule has 4 rings (SSSR count). The van der Waals surface area contributed by atoms with Crippen molar-refractivity contribution in [3.05, 3.63) is 132 Å². The van der Waals surface area contributed by atoms with Gasteiger partial charge in [-0.25, -0.2) is 0 Å². The lowest BCUT2D eigenvalue weighted by Gasteiger charge is -2.26. The van der Waals surface area contributed by atoms with Gasteiger partial charge >= 0.3 is 0 Å². The van der Waals surface area contributed by atoms with Crippen molar-refractivity contribution in [3.63, 3.8) is 0 Å². The van der Waals surface area contributed by atoms with Crippen LogP contribution in [0.25, 0.3) is 0 Å². The van der Waals surface area contributed by atoms with Gasteiger partial charge < -0.3 is 15.5 Å². The number of nitrogens with zero attached hydrogens (tertiary/aromatic N) is 1. The molecule has 0 aliphatic carbocycles. The Labute approximate surface area is 199 Å². The van der Waals surface area contributed by atoms with Crippen LogP contribution < -0.4 is 10.6 Å². The van der Waals surface area contributed by atoms with Crippen molar-refractivity contribution in [2.45, 2.75) is 13.1 Å². The predicted molar refractivity (Wildman–Crippen MR) is 139 cm³/mol. The van der Waals surface area contributed by atoms with Crippen LogP contribution in [-0.4, -0.2) is 15.9 Å².